The molecule has 196 valence electrons. The second kappa shape index (κ2) is 15.0. The number of aliphatic carboxylic acids is 1. The summed E-state index contributed by atoms with van der Waals surface area (Å²) in [5, 5.41) is 29.5. The second-order valence-electron chi connectivity index (χ2n) is 10.8. The van der Waals surface area contributed by atoms with Gasteiger partial charge in [0.25, 0.3) is 0 Å². The monoisotopic (exact) mass is 480 g/mol. The van der Waals surface area contributed by atoms with Crippen LogP contribution < -0.4 is 0 Å². The first kappa shape index (κ1) is 29.0. The zero-order valence-corrected chi connectivity index (χ0v) is 21.5. The lowest BCUT2D eigenvalue weighted by Gasteiger charge is -2.36. The first-order valence-corrected chi connectivity index (χ1v) is 13.4. The maximum Gasteiger partial charge on any atom is 0.303 e. The number of carboxylic acids is 1. The summed E-state index contributed by atoms with van der Waals surface area (Å²) in [6.07, 6.45) is 17.0. The topological polar surface area (TPSA) is 96.2 Å². The summed E-state index contributed by atoms with van der Waals surface area (Å²) in [4.78, 5) is 10.7. The van der Waals surface area contributed by atoms with Crippen molar-refractivity contribution < 1.29 is 29.6 Å². The number of unbranched alkanes of at least 4 members (excludes halogenated alkanes) is 2. The van der Waals surface area contributed by atoms with Gasteiger partial charge in [0, 0.05) is 19.6 Å². The summed E-state index contributed by atoms with van der Waals surface area (Å²) in [7, 11) is 0. The van der Waals surface area contributed by atoms with Crippen LogP contribution in [0.2, 0.25) is 0 Å². The molecule has 6 heteroatoms. The Morgan fingerprint density at radius 1 is 1.24 bits per heavy atom. The van der Waals surface area contributed by atoms with Crippen molar-refractivity contribution in [3.05, 3.63) is 24.3 Å². The van der Waals surface area contributed by atoms with Crippen LogP contribution in [0.25, 0.3) is 0 Å². The molecule has 2 aliphatic rings. The quantitative estimate of drug-likeness (QED) is 0.212. The molecule has 0 aromatic rings. The molecule has 34 heavy (non-hydrogen) atoms. The van der Waals surface area contributed by atoms with Crippen molar-refractivity contribution in [2.75, 3.05) is 13.2 Å². The fourth-order valence-corrected chi connectivity index (χ4v) is 5.28. The molecule has 1 saturated heterocycles. The van der Waals surface area contributed by atoms with Gasteiger partial charge >= 0.3 is 5.97 Å². The Kier molecular flexibility index (Phi) is 12.8. The Bertz CT molecular complexity index is 637. The molecule has 1 saturated carbocycles. The minimum atomic E-state index is -0.770. The Hall–Kier alpha value is -1.21. The minimum Gasteiger partial charge on any atom is -0.481 e. The number of hydrogen-bond acceptors (Lipinski definition) is 5. The van der Waals surface area contributed by atoms with E-state index >= 15 is 0 Å². The van der Waals surface area contributed by atoms with Crippen LogP contribution in [0.1, 0.15) is 91.4 Å². The largest absolute Gasteiger partial charge is 0.481 e. The summed E-state index contributed by atoms with van der Waals surface area (Å²) >= 11 is 0. The molecular weight excluding hydrogens is 432 g/mol. The highest BCUT2D eigenvalue weighted by molar-refractivity contribution is 5.66. The molecule has 6 nitrogen and oxygen atoms in total. The van der Waals surface area contributed by atoms with E-state index in [2.05, 4.69) is 39.0 Å². The standard InChI is InChI=1S/C28H48O6/c1-4-5-17-28(2,3)25(34-27-14-10-11-18-33-27)16-15-22-21(20-29)19-24(30)23(22)12-8-6-7-9-13-26(31)32/h6,8,15-16,21-25,27,29-30H,4-5,7,9-14,17-20H2,1-3H3,(H,31,32)/b8-6-,16-15+/t21-,22-,23+,24?,25?,27?/m0/s1. The normalized spacial score (nSPS) is 29.3. The van der Waals surface area contributed by atoms with Gasteiger partial charge in [-0.3, -0.25) is 4.79 Å². The van der Waals surface area contributed by atoms with Crippen molar-refractivity contribution >= 4 is 5.97 Å². The van der Waals surface area contributed by atoms with Crippen molar-refractivity contribution in [1.29, 1.82) is 0 Å². The molecule has 6 atom stereocenters. The van der Waals surface area contributed by atoms with E-state index in [1.165, 1.54) is 0 Å². The molecule has 0 amide bonds. The Labute approximate surface area is 206 Å². The molecule has 0 bridgehead atoms. The third-order valence-corrected chi connectivity index (χ3v) is 7.54. The van der Waals surface area contributed by atoms with Gasteiger partial charge in [-0.05, 0) is 74.5 Å². The zero-order chi connectivity index (χ0) is 25.0. The number of carboxylic acid groups (broad SMARTS) is 1. The van der Waals surface area contributed by atoms with E-state index in [9.17, 15) is 15.0 Å². The van der Waals surface area contributed by atoms with E-state index in [0.717, 1.165) is 58.0 Å². The van der Waals surface area contributed by atoms with E-state index in [1.807, 2.05) is 6.08 Å². The Balaban J connectivity index is 2.10. The van der Waals surface area contributed by atoms with Crippen LogP contribution in [-0.4, -0.2) is 53.0 Å². The van der Waals surface area contributed by atoms with Crippen LogP contribution in [0.3, 0.4) is 0 Å². The molecule has 0 radical (unpaired) electrons. The third kappa shape index (κ3) is 9.44. The summed E-state index contributed by atoms with van der Waals surface area (Å²) in [5.41, 5.74) is -0.0429. The average Bonchev–Trinajstić information content (AvgIpc) is 3.12. The van der Waals surface area contributed by atoms with Gasteiger partial charge in [-0.25, -0.2) is 0 Å². The van der Waals surface area contributed by atoms with Gasteiger partial charge in [-0.15, -0.1) is 0 Å². The highest BCUT2D eigenvalue weighted by atomic mass is 16.7. The number of aliphatic hydroxyl groups is 2. The smallest absolute Gasteiger partial charge is 0.303 e. The molecule has 1 heterocycles. The number of rotatable bonds is 15. The first-order chi connectivity index (χ1) is 16.3. The fraction of sp³-hybridized carbons (Fsp3) is 0.821. The van der Waals surface area contributed by atoms with Gasteiger partial charge < -0.3 is 24.8 Å². The van der Waals surface area contributed by atoms with E-state index in [0.29, 0.717) is 12.8 Å². The lowest BCUT2D eigenvalue weighted by molar-refractivity contribution is -0.197. The second-order valence-corrected chi connectivity index (χ2v) is 10.8. The number of carbonyl (C=O) groups is 1. The van der Waals surface area contributed by atoms with Crippen LogP contribution in [0, 0.1) is 23.2 Å². The predicted molar refractivity (Wildman–Crippen MR) is 134 cm³/mol. The molecule has 2 fully saturated rings. The van der Waals surface area contributed by atoms with Crippen molar-refractivity contribution in [2.24, 2.45) is 23.2 Å². The molecule has 0 aromatic heterocycles. The Morgan fingerprint density at radius 3 is 2.68 bits per heavy atom. The van der Waals surface area contributed by atoms with Crippen molar-refractivity contribution in [2.45, 2.75) is 110 Å². The van der Waals surface area contributed by atoms with Crippen molar-refractivity contribution in [1.82, 2.24) is 0 Å². The highest BCUT2D eigenvalue weighted by Crippen LogP contribution is 2.41. The fourth-order valence-electron chi connectivity index (χ4n) is 5.28. The van der Waals surface area contributed by atoms with Crippen LogP contribution in [0.5, 0.6) is 0 Å². The van der Waals surface area contributed by atoms with Crippen molar-refractivity contribution in [3.8, 4) is 0 Å². The third-order valence-electron chi connectivity index (χ3n) is 7.54. The van der Waals surface area contributed by atoms with Gasteiger partial charge in [0.05, 0.1) is 12.2 Å². The van der Waals surface area contributed by atoms with Crippen LogP contribution >= 0.6 is 0 Å². The van der Waals surface area contributed by atoms with E-state index in [4.69, 9.17) is 14.6 Å². The SMILES string of the molecule is CCCCC(C)(C)C(/C=C/[C@H]1[C@H](CO)CC(O)[C@@H]1C/C=C\CCCC(=O)O)OC1CCCCO1. The molecule has 2 rings (SSSR count). The number of hydrogen-bond donors (Lipinski definition) is 3. The molecule has 1 aliphatic heterocycles. The lowest BCUT2D eigenvalue weighted by Crippen LogP contribution is -2.36. The van der Waals surface area contributed by atoms with Gasteiger partial charge in [0.15, 0.2) is 6.29 Å². The predicted octanol–water partition coefficient (Wildman–Crippen LogP) is 5.48. The molecule has 1 aliphatic carbocycles. The molecule has 3 unspecified atom stereocenters. The molecular formula is C28H48O6. The number of aliphatic hydroxyl groups excluding tert-OH is 2. The number of allylic oxidation sites excluding steroid dienone is 3. The summed E-state index contributed by atoms with van der Waals surface area (Å²) in [6.45, 7) is 7.52. The van der Waals surface area contributed by atoms with E-state index < -0.39 is 12.1 Å². The summed E-state index contributed by atoms with van der Waals surface area (Å²) < 4.78 is 12.4. The van der Waals surface area contributed by atoms with Crippen LogP contribution in [0.15, 0.2) is 24.3 Å². The van der Waals surface area contributed by atoms with Gasteiger partial charge in [0.1, 0.15) is 0 Å². The maximum absolute atomic E-state index is 10.7. The highest BCUT2D eigenvalue weighted by Gasteiger charge is 2.40. The molecule has 0 spiro atoms. The van der Waals surface area contributed by atoms with Crippen LogP contribution in [0.4, 0.5) is 0 Å². The van der Waals surface area contributed by atoms with Gasteiger partial charge in [-0.1, -0.05) is 57.9 Å². The van der Waals surface area contributed by atoms with Gasteiger partial charge in [-0.2, -0.15) is 0 Å². The Morgan fingerprint density at radius 2 is 2.03 bits per heavy atom. The first-order valence-electron chi connectivity index (χ1n) is 13.4. The average molecular weight is 481 g/mol. The summed E-state index contributed by atoms with van der Waals surface area (Å²) in [6, 6.07) is 0. The van der Waals surface area contributed by atoms with Crippen LogP contribution in [-0.2, 0) is 14.3 Å². The maximum atomic E-state index is 10.7. The van der Waals surface area contributed by atoms with Crippen molar-refractivity contribution in [3.63, 3.8) is 0 Å². The zero-order valence-electron chi connectivity index (χ0n) is 21.5. The number of ether oxygens (including phenoxy) is 2. The van der Waals surface area contributed by atoms with E-state index in [1.54, 1.807) is 0 Å². The molecule has 3 N–H and O–H groups in total. The minimum absolute atomic E-state index is 0.0296. The van der Waals surface area contributed by atoms with Gasteiger partial charge in [0.2, 0.25) is 0 Å². The summed E-state index contributed by atoms with van der Waals surface area (Å²) in [5.74, 6) is -0.631. The lowest BCUT2D eigenvalue weighted by atomic mass is 9.79. The molecule has 0 aromatic carbocycles. The van der Waals surface area contributed by atoms with E-state index in [-0.39, 0.29) is 48.6 Å².